The van der Waals surface area contributed by atoms with Crippen molar-refractivity contribution in [3.8, 4) is 0 Å². The van der Waals surface area contributed by atoms with Crippen molar-refractivity contribution in [3.05, 3.63) is 0 Å². The number of halogens is 1. The van der Waals surface area contributed by atoms with Crippen molar-refractivity contribution >= 4 is 51.4 Å². The number of ketones is 1. The van der Waals surface area contributed by atoms with Crippen LogP contribution in [0.2, 0.25) is 0 Å². The molecule has 0 saturated carbocycles. The Bertz CT molecular complexity index is 750. The molecule has 0 unspecified atom stereocenters. The maximum Gasteiger partial charge on any atom is 0.326 e. The lowest BCUT2D eigenvalue weighted by molar-refractivity contribution is -0.143. The number of rotatable bonds is 23. The van der Waals surface area contributed by atoms with E-state index >= 15 is 0 Å². The predicted molar refractivity (Wildman–Crippen MR) is 135 cm³/mol. The van der Waals surface area contributed by atoms with E-state index in [1.165, 1.54) is 0 Å². The first-order chi connectivity index (χ1) is 17.6. The summed E-state index contributed by atoms with van der Waals surface area (Å²) >= 11 is 3.03. The summed E-state index contributed by atoms with van der Waals surface area (Å²) in [6.45, 7) is 2.25. The van der Waals surface area contributed by atoms with Crippen LogP contribution in [-0.4, -0.2) is 96.0 Å². The first-order valence-electron chi connectivity index (χ1n) is 12.1. The number of unbranched alkanes of at least 4 members (excludes halogenated alkanes) is 1. The number of carbonyl (C=O) groups excluding carboxylic acids is 4. The van der Waals surface area contributed by atoms with Gasteiger partial charge in [0.2, 0.25) is 17.7 Å². The van der Waals surface area contributed by atoms with Crippen molar-refractivity contribution in [2.24, 2.45) is 0 Å². The number of hydrogen-bond donors (Lipinski definition) is 5. The van der Waals surface area contributed by atoms with Gasteiger partial charge in [-0.3, -0.25) is 19.2 Å². The van der Waals surface area contributed by atoms with Crippen LogP contribution in [0.4, 0.5) is 0 Å². The minimum Gasteiger partial charge on any atom is -0.480 e. The number of aliphatic carboxylic acids is 2. The Balaban J connectivity index is 3.89. The molecule has 0 aromatic heterocycles. The van der Waals surface area contributed by atoms with Gasteiger partial charge < -0.3 is 35.6 Å². The second-order valence-electron chi connectivity index (χ2n) is 8.10. The van der Waals surface area contributed by atoms with E-state index in [0.29, 0.717) is 25.8 Å². The molecule has 0 fully saturated rings. The molecule has 0 aliphatic carbocycles. The monoisotopic (exact) mass is 595 g/mol. The Morgan fingerprint density at radius 1 is 0.757 bits per heavy atom. The summed E-state index contributed by atoms with van der Waals surface area (Å²) in [6.07, 6.45) is 2.16. The Hall–Kier alpha value is -2.58. The highest BCUT2D eigenvalue weighted by Crippen LogP contribution is 2.04. The van der Waals surface area contributed by atoms with Gasteiger partial charge in [-0.15, -0.1) is 0 Å². The van der Waals surface area contributed by atoms with Gasteiger partial charge in [-0.25, -0.2) is 9.59 Å². The first kappa shape index (κ1) is 34.4. The minimum atomic E-state index is -1.18. The van der Waals surface area contributed by atoms with E-state index in [-0.39, 0.29) is 81.5 Å². The second-order valence-corrected chi connectivity index (χ2v) is 8.66. The SMILES string of the molecule is CCC(=O)N[C@@H](CCC(=O)CCCOCCOCC(=O)N[C@@H](CCCCNC(=O)CBr)C(=O)O)C(=O)O. The molecule has 5 N–H and O–H groups in total. The summed E-state index contributed by atoms with van der Waals surface area (Å²) in [5.74, 6) is -3.58. The zero-order chi connectivity index (χ0) is 28.1. The lowest BCUT2D eigenvalue weighted by atomic mass is 10.1. The Labute approximate surface area is 224 Å². The molecule has 37 heavy (non-hydrogen) atoms. The molecule has 0 aromatic carbocycles. The lowest BCUT2D eigenvalue weighted by Crippen LogP contribution is -2.42. The molecule has 0 aliphatic heterocycles. The molecular weight excluding hydrogens is 558 g/mol. The third-order valence-electron chi connectivity index (χ3n) is 5.01. The van der Waals surface area contributed by atoms with E-state index in [0.717, 1.165) is 0 Å². The zero-order valence-electron chi connectivity index (χ0n) is 21.1. The number of carboxylic acid groups (broad SMARTS) is 2. The summed E-state index contributed by atoms with van der Waals surface area (Å²) in [4.78, 5) is 68.7. The zero-order valence-corrected chi connectivity index (χ0v) is 22.7. The summed E-state index contributed by atoms with van der Waals surface area (Å²) in [5, 5.41) is 26.0. The maximum absolute atomic E-state index is 11.9. The molecule has 0 bridgehead atoms. The largest absolute Gasteiger partial charge is 0.480 e. The van der Waals surface area contributed by atoms with Crippen molar-refractivity contribution in [2.75, 3.05) is 38.3 Å². The van der Waals surface area contributed by atoms with Gasteiger partial charge in [0.25, 0.3) is 0 Å². The van der Waals surface area contributed by atoms with Gasteiger partial charge in [-0.05, 0) is 32.1 Å². The van der Waals surface area contributed by atoms with Crippen LogP contribution in [-0.2, 0) is 38.2 Å². The van der Waals surface area contributed by atoms with Crippen molar-refractivity contribution in [1.29, 1.82) is 0 Å². The van der Waals surface area contributed by atoms with Crippen LogP contribution in [0, 0.1) is 0 Å². The van der Waals surface area contributed by atoms with Gasteiger partial charge >= 0.3 is 11.9 Å². The predicted octanol–water partition coefficient (Wildman–Crippen LogP) is 0.379. The van der Waals surface area contributed by atoms with Crippen LogP contribution >= 0.6 is 15.9 Å². The highest BCUT2D eigenvalue weighted by atomic mass is 79.9. The fourth-order valence-electron chi connectivity index (χ4n) is 2.98. The van der Waals surface area contributed by atoms with E-state index in [4.69, 9.17) is 14.6 Å². The maximum atomic E-state index is 11.9. The molecule has 13 nitrogen and oxygen atoms in total. The molecule has 212 valence electrons. The number of nitrogens with one attached hydrogen (secondary N) is 3. The number of Topliss-reactive ketones (excluding diaryl/α,β-unsaturated/α-hetero) is 1. The van der Waals surface area contributed by atoms with Gasteiger partial charge in [-0.2, -0.15) is 0 Å². The molecule has 14 heteroatoms. The molecule has 3 amide bonds. The molecule has 0 spiro atoms. The van der Waals surface area contributed by atoms with Crippen LogP contribution in [0.15, 0.2) is 0 Å². The number of amides is 3. The third-order valence-corrected chi connectivity index (χ3v) is 5.52. The van der Waals surface area contributed by atoms with Gasteiger partial charge in [-0.1, -0.05) is 22.9 Å². The number of carbonyl (C=O) groups is 6. The number of hydrogen-bond acceptors (Lipinski definition) is 8. The van der Waals surface area contributed by atoms with Crippen LogP contribution in [0.5, 0.6) is 0 Å². The molecule has 2 atom stereocenters. The van der Waals surface area contributed by atoms with Gasteiger partial charge in [0.15, 0.2) is 0 Å². The third kappa shape index (κ3) is 19.2. The summed E-state index contributed by atoms with van der Waals surface area (Å²) in [7, 11) is 0. The van der Waals surface area contributed by atoms with Crippen LogP contribution < -0.4 is 16.0 Å². The highest BCUT2D eigenvalue weighted by molar-refractivity contribution is 9.09. The average Bonchev–Trinajstić information content (AvgIpc) is 2.86. The quantitative estimate of drug-likeness (QED) is 0.0812. The lowest BCUT2D eigenvalue weighted by Gasteiger charge is -2.14. The van der Waals surface area contributed by atoms with Crippen molar-refractivity contribution < 1.29 is 48.5 Å². The number of ether oxygens (including phenoxy) is 2. The second kappa shape index (κ2) is 21.5. The van der Waals surface area contributed by atoms with Gasteiger partial charge in [0.1, 0.15) is 24.5 Å². The number of carboxylic acids is 2. The van der Waals surface area contributed by atoms with Crippen molar-refractivity contribution in [1.82, 2.24) is 16.0 Å². The molecule has 0 radical (unpaired) electrons. The fourth-order valence-corrected chi connectivity index (χ4v) is 3.18. The van der Waals surface area contributed by atoms with Crippen LogP contribution in [0.1, 0.15) is 58.3 Å². The van der Waals surface area contributed by atoms with Gasteiger partial charge in [0.05, 0.1) is 18.5 Å². The van der Waals surface area contributed by atoms with E-state index in [1.54, 1.807) is 6.92 Å². The standard InChI is InChI=1S/C23H38BrN3O10/c1-2-19(29)26-18(23(34)35)9-8-16(28)6-5-11-36-12-13-37-15-21(31)27-17(22(32)33)7-3-4-10-25-20(30)14-24/h17-18H,2-15H2,1H3,(H,25,30)(H,26,29)(H,27,31)(H,32,33)(H,34,35)/t17-,18-/m0/s1. The van der Waals surface area contributed by atoms with Crippen LogP contribution in [0.3, 0.4) is 0 Å². The Morgan fingerprint density at radius 3 is 2.00 bits per heavy atom. The highest BCUT2D eigenvalue weighted by Gasteiger charge is 2.21. The fraction of sp³-hybridized carbons (Fsp3) is 0.739. The molecule has 0 rings (SSSR count). The Morgan fingerprint density at radius 2 is 1.38 bits per heavy atom. The number of alkyl halides is 1. The summed E-state index contributed by atoms with van der Waals surface area (Å²) < 4.78 is 10.5. The smallest absolute Gasteiger partial charge is 0.326 e. The average molecular weight is 596 g/mol. The minimum absolute atomic E-state index is 0.0228. The van der Waals surface area contributed by atoms with E-state index in [9.17, 15) is 33.9 Å². The van der Waals surface area contributed by atoms with Crippen LogP contribution in [0.25, 0.3) is 0 Å². The van der Waals surface area contributed by atoms with Crippen molar-refractivity contribution in [3.63, 3.8) is 0 Å². The summed E-state index contributed by atoms with van der Waals surface area (Å²) in [5.41, 5.74) is 0. The Kier molecular flexibility index (Phi) is 20.0. The topological polar surface area (TPSA) is 197 Å². The molecule has 0 heterocycles. The normalized spacial score (nSPS) is 12.3. The van der Waals surface area contributed by atoms with E-state index < -0.39 is 29.9 Å². The first-order valence-corrected chi connectivity index (χ1v) is 13.3. The van der Waals surface area contributed by atoms with E-state index in [1.807, 2.05) is 0 Å². The van der Waals surface area contributed by atoms with Crippen molar-refractivity contribution in [2.45, 2.75) is 70.4 Å². The molecule has 0 aromatic rings. The summed E-state index contributed by atoms with van der Waals surface area (Å²) in [6, 6.07) is -2.14. The molecule has 0 saturated heterocycles. The molecular formula is C23H38BrN3O10. The molecule has 0 aliphatic rings. The van der Waals surface area contributed by atoms with E-state index in [2.05, 4.69) is 31.9 Å². The van der Waals surface area contributed by atoms with Gasteiger partial charge in [0, 0.05) is 32.4 Å².